The molecule has 0 aliphatic carbocycles. The maximum Gasteiger partial charge on any atom is 0.193 e. The Hall–Kier alpha value is -0.890. The Labute approximate surface area is 152 Å². The maximum atomic E-state index is 5.55. The third-order valence-corrected chi connectivity index (χ3v) is 5.78. The van der Waals surface area contributed by atoms with Gasteiger partial charge in [0.1, 0.15) is 0 Å². The predicted octanol–water partition coefficient (Wildman–Crippen LogP) is 0.0775. The molecule has 1 N–H and O–H groups in total. The first kappa shape index (κ1) is 18.9. The number of hydrogen-bond acceptors (Lipinski definition) is 5. The van der Waals surface area contributed by atoms with Crippen molar-refractivity contribution < 1.29 is 9.47 Å². The number of guanidine groups is 1. The standard InChI is InChI=1S/C18H35N5O2/c1-15(23-8-11-25-14-16(23)2)12-20-18(19-3)22-5-4-17(13-22)21-6-9-24-10-7-21/h15-17H,4-14H2,1-3H3,(H,19,20). The fraction of sp³-hybridized carbons (Fsp3) is 0.944. The maximum absolute atomic E-state index is 5.55. The second-order valence-electron chi connectivity index (χ2n) is 7.48. The smallest absolute Gasteiger partial charge is 0.193 e. The van der Waals surface area contributed by atoms with E-state index in [4.69, 9.17) is 9.47 Å². The van der Waals surface area contributed by atoms with Gasteiger partial charge in [-0.2, -0.15) is 0 Å². The first-order chi connectivity index (χ1) is 12.2. The fourth-order valence-electron chi connectivity index (χ4n) is 4.26. The third-order valence-electron chi connectivity index (χ3n) is 5.78. The summed E-state index contributed by atoms with van der Waals surface area (Å²) in [5, 5.41) is 3.60. The van der Waals surface area contributed by atoms with E-state index in [9.17, 15) is 0 Å². The quantitative estimate of drug-likeness (QED) is 0.571. The lowest BCUT2D eigenvalue weighted by Crippen LogP contribution is -2.53. The molecule has 3 rings (SSSR count). The molecule has 3 atom stereocenters. The molecule has 3 heterocycles. The van der Waals surface area contributed by atoms with Crippen molar-refractivity contribution in [3.8, 4) is 0 Å². The van der Waals surface area contributed by atoms with Gasteiger partial charge in [-0.05, 0) is 20.3 Å². The summed E-state index contributed by atoms with van der Waals surface area (Å²) in [4.78, 5) is 12.1. The summed E-state index contributed by atoms with van der Waals surface area (Å²) in [6.07, 6.45) is 1.22. The van der Waals surface area contributed by atoms with Crippen molar-refractivity contribution in [3.63, 3.8) is 0 Å². The van der Waals surface area contributed by atoms with Crippen LogP contribution in [-0.4, -0.2) is 112 Å². The van der Waals surface area contributed by atoms with Crippen molar-refractivity contribution >= 4 is 5.96 Å². The van der Waals surface area contributed by atoms with Gasteiger partial charge in [0.2, 0.25) is 0 Å². The number of morpholine rings is 2. The van der Waals surface area contributed by atoms with Crippen LogP contribution in [0.3, 0.4) is 0 Å². The largest absolute Gasteiger partial charge is 0.379 e. The molecule has 0 aromatic rings. The van der Waals surface area contributed by atoms with Gasteiger partial charge in [-0.25, -0.2) is 0 Å². The molecule has 25 heavy (non-hydrogen) atoms. The van der Waals surface area contributed by atoms with Crippen molar-refractivity contribution in [1.82, 2.24) is 20.0 Å². The normalized spacial score (nSPS) is 31.3. The minimum Gasteiger partial charge on any atom is -0.379 e. The monoisotopic (exact) mass is 353 g/mol. The molecule has 0 aromatic heterocycles. The van der Waals surface area contributed by atoms with Crippen LogP contribution in [0.4, 0.5) is 0 Å². The van der Waals surface area contributed by atoms with Crippen LogP contribution in [0.25, 0.3) is 0 Å². The second kappa shape index (κ2) is 9.16. The summed E-state index contributed by atoms with van der Waals surface area (Å²) < 4.78 is 11.0. The Bertz CT molecular complexity index is 441. The second-order valence-corrected chi connectivity index (χ2v) is 7.48. The fourth-order valence-corrected chi connectivity index (χ4v) is 4.26. The number of nitrogens with zero attached hydrogens (tertiary/aromatic N) is 4. The van der Waals surface area contributed by atoms with E-state index in [-0.39, 0.29) is 0 Å². The molecule has 3 saturated heterocycles. The van der Waals surface area contributed by atoms with E-state index in [0.717, 1.165) is 71.7 Å². The average molecular weight is 354 g/mol. The Morgan fingerprint density at radius 3 is 2.64 bits per heavy atom. The summed E-state index contributed by atoms with van der Waals surface area (Å²) in [7, 11) is 1.90. The van der Waals surface area contributed by atoms with Gasteiger partial charge in [-0.3, -0.25) is 14.8 Å². The first-order valence-electron chi connectivity index (χ1n) is 9.80. The van der Waals surface area contributed by atoms with Crippen molar-refractivity contribution in [3.05, 3.63) is 0 Å². The highest BCUT2D eigenvalue weighted by Crippen LogP contribution is 2.17. The Balaban J connectivity index is 1.46. The molecule has 3 aliphatic heterocycles. The molecule has 7 nitrogen and oxygen atoms in total. The minimum absolute atomic E-state index is 0.480. The molecule has 144 valence electrons. The lowest BCUT2D eigenvalue weighted by atomic mass is 10.2. The molecule has 0 saturated carbocycles. The summed E-state index contributed by atoms with van der Waals surface area (Å²) in [5.41, 5.74) is 0. The Kier molecular flexibility index (Phi) is 6.92. The highest BCUT2D eigenvalue weighted by Gasteiger charge is 2.30. The van der Waals surface area contributed by atoms with E-state index in [1.165, 1.54) is 6.42 Å². The lowest BCUT2D eigenvalue weighted by molar-refractivity contribution is -0.0175. The third kappa shape index (κ3) is 4.84. The molecule has 7 heteroatoms. The summed E-state index contributed by atoms with van der Waals surface area (Å²) in [6, 6.07) is 1.61. The van der Waals surface area contributed by atoms with Crippen LogP contribution in [0.2, 0.25) is 0 Å². The number of nitrogens with one attached hydrogen (secondary N) is 1. The van der Waals surface area contributed by atoms with Crippen molar-refractivity contribution in [2.24, 2.45) is 4.99 Å². The molecule has 0 amide bonds. The lowest BCUT2D eigenvalue weighted by Gasteiger charge is -2.38. The van der Waals surface area contributed by atoms with Gasteiger partial charge in [0.25, 0.3) is 0 Å². The van der Waals surface area contributed by atoms with E-state index in [2.05, 4.69) is 38.9 Å². The van der Waals surface area contributed by atoms with Gasteiger partial charge >= 0.3 is 0 Å². The van der Waals surface area contributed by atoms with Crippen LogP contribution in [0.1, 0.15) is 20.3 Å². The van der Waals surface area contributed by atoms with Gasteiger partial charge in [0.05, 0.1) is 26.4 Å². The van der Waals surface area contributed by atoms with Crippen molar-refractivity contribution in [1.29, 1.82) is 0 Å². The number of aliphatic imine (C=N–C) groups is 1. The minimum atomic E-state index is 0.480. The van der Waals surface area contributed by atoms with Gasteiger partial charge in [-0.15, -0.1) is 0 Å². The zero-order chi connectivity index (χ0) is 17.6. The van der Waals surface area contributed by atoms with Gasteiger partial charge in [0.15, 0.2) is 5.96 Å². The zero-order valence-corrected chi connectivity index (χ0v) is 16.1. The first-order valence-corrected chi connectivity index (χ1v) is 9.80. The van der Waals surface area contributed by atoms with E-state index in [0.29, 0.717) is 18.1 Å². The number of hydrogen-bond donors (Lipinski definition) is 1. The molecule has 3 fully saturated rings. The van der Waals surface area contributed by atoms with Crippen LogP contribution < -0.4 is 5.32 Å². The van der Waals surface area contributed by atoms with E-state index < -0.39 is 0 Å². The molecule has 3 unspecified atom stereocenters. The SMILES string of the molecule is CN=C(NCC(C)N1CCOCC1C)N1CCC(N2CCOCC2)C1. The summed E-state index contributed by atoms with van der Waals surface area (Å²) in [6.45, 7) is 14.2. The molecule has 0 bridgehead atoms. The molecular formula is C18H35N5O2. The number of rotatable bonds is 4. The van der Waals surface area contributed by atoms with Crippen molar-refractivity contribution in [2.45, 2.75) is 38.4 Å². The van der Waals surface area contributed by atoms with Gasteiger partial charge < -0.3 is 19.7 Å². The topological polar surface area (TPSA) is 52.6 Å². The molecule has 3 aliphatic rings. The van der Waals surface area contributed by atoms with E-state index in [1.54, 1.807) is 0 Å². The van der Waals surface area contributed by atoms with Crippen LogP contribution in [0.5, 0.6) is 0 Å². The Morgan fingerprint density at radius 2 is 1.92 bits per heavy atom. The van der Waals surface area contributed by atoms with Crippen LogP contribution >= 0.6 is 0 Å². The zero-order valence-electron chi connectivity index (χ0n) is 16.1. The predicted molar refractivity (Wildman–Crippen MR) is 100 cm³/mol. The van der Waals surface area contributed by atoms with Gasteiger partial charge in [0, 0.05) is 64.4 Å². The Morgan fingerprint density at radius 1 is 1.16 bits per heavy atom. The highest BCUT2D eigenvalue weighted by molar-refractivity contribution is 5.80. The van der Waals surface area contributed by atoms with Crippen LogP contribution in [-0.2, 0) is 9.47 Å². The number of ether oxygens (including phenoxy) is 2. The molecule has 0 radical (unpaired) electrons. The molecule has 0 spiro atoms. The number of likely N-dealkylation sites (tertiary alicyclic amines) is 1. The molecular weight excluding hydrogens is 318 g/mol. The summed E-state index contributed by atoms with van der Waals surface area (Å²) >= 11 is 0. The average Bonchev–Trinajstić information content (AvgIpc) is 3.13. The van der Waals surface area contributed by atoms with E-state index >= 15 is 0 Å². The molecule has 0 aromatic carbocycles. The summed E-state index contributed by atoms with van der Waals surface area (Å²) in [5.74, 6) is 1.04. The van der Waals surface area contributed by atoms with Crippen molar-refractivity contribution in [2.75, 3.05) is 72.7 Å². The van der Waals surface area contributed by atoms with E-state index in [1.807, 2.05) is 7.05 Å². The van der Waals surface area contributed by atoms with Crippen LogP contribution in [0, 0.1) is 0 Å². The van der Waals surface area contributed by atoms with Crippen LogP contribution in [0.15, 0.2) is 4.99 Å². The highest BCUT2D eigenvalue weighted by atomic mass is 16.5. The van der Waals surface area contributed by atoms with Gasteiger partial charge in [-0.1, -0.05) is 0 Å².